The molecule has 0 aliphatic rings. The third-order valence-electron chi connectivity index (χ3n) is 5.09. The van der Waals surface area contributed by atoms with E-state index in [0.29, 0.717) is 46.6 Å². The lowest BCUT2D eigenvalue weighted by molar-refractivity contribution is 0.277. The normalized spacial score (nSPS) is 11.8. The number of fused-ring (bicyclic) bond motifs is 1. The molecule has 0 amide bonds. The van der Waals surface area contributed by atoms with E-state index in [0.717, 1.165) is 36.1 Å². The maximum Gasteiger partial charge on any atom is 0.291 e. The van der Waals surface area contributed by atoms with Crippen LogP contribution in [-0.4, -0.2) is 34.4 Å². The fraction of sp³-hybridized carbons (Fsp3) is 0.346. The van der Waals surface area contributed by atoms with Gasteiger partial charge in [-0.2, -0.15) is 9.50 Å². The van der Waals surface area contributed by atoms with E-state index in [1.54, 1.807) is 0 Å². The molecule has 2 aromatic carbocycles. The molecule has 4 rings (SSSR count). The first-order chi connectivity index (χ1) is 16.6. The first-order valence-corrected chi connectivity index (χ1v) is 12.5. The minimum atomic E-state index is -0.192. The summed E-state index contributed by atoms with van der Waals surface area (Å²) < 4.78 is 19.1. The Labute approximate surface area is 202 Å². The van der Waals surface area contributed by atoms with Crippen molar-refractivity contribution < 1.29 is 14.2 Å². The van der Waals surface area contributed by atoms with Gasteiger partial charge in [0.15, 0.2) is 17.3 Å². The number of benzene rings is 2. The molecule has 0 aliphatic carbocycles. The van der Waals surface area contributed by atoms with Crippen molar-refractivity contribution in [3.8, 4) is 28.6 Å². The first kappa shape index (κ1) is 23.8. The topological polar surface area (TPSA) is 75.0 Å². The Bertz CT molecular complexity index is 1350. The van der Waals surface area contributed by atoms with E-state index in [4.69, 9.17) is 14.2 Å². The SMILES string of the molecule is CCCCOc1ccc(-c2nc3sc(=Cc4ccc(OCCC)c(OCC)c4)c(=O)n3n2)cc1. The van der Waals surface area contributed by atoms with Gasteiger partial charge in [0.05, 0.1) is 24.4 Å². The summed E-state index contributed by atoms with van der Waals surface area (Å²) in [7, 11) is 0. The van der Waals surface area contributed by atoms with E-state index in [9.17, 15) is 4.79 Å². The summed E-state index contributed by atoms with van der Waals surface area (Å²) in [6, 6.07) is 13.3. The zero-order chi connectivity index (χ0) is 23.9. The Hall–Kier alpha value is -3.39. The lowest BCUT2D eigenvalue weighted by atomic mass is 10.2. The zero-order valence-electron chi connectivity index (χ0n) is 19.7. The summed E-state index contributed by atoms with van der Waals surface area (Å²) in [5.41, 5.74) is 1.50. The van der Waals surface area contributed by atoms with E-state index < -0.39 is 0 Å². The maximum absolute atomic E-state index is 13.0. The van der Waals surface area contributed by atoms with E-state index >= 15 is 0 Å². The molecule has 0 saturated carbocycles. The number of thiazole rings is 1. The van der Waals surface area contributed by atoms with Crippen LogP contribution in [0.2, 0.25) is 0 Å². The molecule has 0 fully saturated rings. The Morgan fingerprint density at radius 1 is 0.941 bits per heavy atom. The van der Waals surface area contributed by atoms with Crippen molar-refractivity contribution in [2.24, 2.45) is 0 Å². The molecule has 0 bridgehead atoms. The standard InChI is InChI=1S/C26H29N3O4S/c1-4-7-15-32-20-11-9-19(10-12-20)24-27-26-29(28-24)25(30)23(34-26)17-18-8-13-21(33-14-5-2)22(16-18)31-6-3/h8-13,16-17H,4-7,14-15H2,1-3H3. The molecule has 0 spiro atoms. The number of hydrogen-bond donors (Lipinski definition) is 0. The Kier molecular flexibility index (Phi) is 7.80. The van der Waals surface area contributed by atoms with Crippen molar-refractivity contribution in [3.05, 3.63) is 62.9 Å². The van der Waals surface area contributed by atoms with E-state index in [1.165, 1.54) is 15.9 Å². The highest BCUT2D eigenvalue weighted by Crippen LogP contribution is 2.29. The monoisotopic (exact) mass is 479 g/mol. The van der Waals surface area contributed by atoms with Crippen molar-refractivity contribution in [2.75, 3.05) is 19.8 Å². The van der Waals surface area contributed by atoms with Crippen molar-refractivity contribution in [3.63, 3.8) is 0 Å². The van der Waals surface area contributed by atoms with Crippen LogP contribution in [0.3, 0.4) is 0 Å². The van der Waals surface area contributed by atoms with Crippen LogP contribution in [0.25, 0.3) is 22.4 Å². The molecular formula is C26H29N3O4S. The van der Waals surface area contributed by atoms with Gasteiger partial charge in [0.2, 0.25) is 4.96 Å². The molecule has 0 saturated heterocycles. The van der Waals surface area contributed by atoms with E-state index in [1.807, 2.05) is 55.5 Å². The molecule has 0 N–H and O–H groups in total. The molecule has 0 atom stereocenters. The van der Waals surface area contributed by atoms with Crippen LogP contribution in [0.5, 0.6) is 17.2 Å². The molecule has 8 heteroatoms. The van der Waals surface area contributed by atoms with Crippen molar-refractivity contribution >= 4 is 22.4 Å². The van der Waals surface area contributed by atoms with Crippen LogP contribution in [0.15, 0.2) is 47.3 Å². The van der Waals surface area contributed by atoms with Gasteiger partial charge in [-0.15, -0.1) is 5.10 Å². The van der Waals surface area contributed by atoms with Gasteiger partial charge in [-0.25, -0.2) is 0 Å². The third-order valence-corrected chi connectivity index (χ3v) is 6.05. The molecule has 178 valence electrons. The van der Waals surface area contributed by atoms with Crippen LogP contribution in [0.1, 0.15) is 45.6 Å². The summed E-state index contributed by atoms with van der Waals surface area (Å²) in [6.07, 6.45) is 4.87. The van der Waals surface area contributed by atoms with Gasteiger partial charge in [0.1, 0.15) is 5.75 Å². The Balaban J connectivity index is 1.59. The lowest BCUT2D eigenvalue weighted by Gasteiger charge is -2.11. The number of rotatable bonds is 11. The molecule has 2 aromatic heterocycles. The Morgan fingerprint density at radius 2 is 1.76 bits per heavy atom. The van der Waals surface area contributed by atoms with Crippen LogP contribution in [-0.2, 0) is 0 Å². The molecule has 34 heavy (non-hydrogen) atoms. The molecule has 2 heterocycles. The number of aromatic nitrogens is 3. The summed E-state index contributed by atoms with van der Waals surface area (Å²) in [6.45, 7) is 7.98. The van der Waals surface area contributed by atoms with Crippen LogP contribution < -0.4 is 24.3 Å². The van der Waals surface area contributed by atoms with Gasteiger partial charge in [0.25, 0.3) is 5.56 Å². The number of unbranched alkanes of at least 4 members (excludes halogenated alkanes) is 1. The van der Waals surface area contributed by atoms with Gasteiger partial charge in [-0.05, 0) is 67.8 Å². The second-order valence-corrected chi connectivity index (χ2v) is 8.77. The maximum atomic E-state index is 13.0. The van der Waals surface area contributed by atoms with E-state index in [-0.39, 0.29) is 5.56 Å². The second-order valence-electron chi connectivity index (χ2n) is 7.76. The fourth-order valence-corrected chi connectivity index (χ4v) is 4.26. The first-order valence-electron chi connectivity index (χ1n) is 11.7. The quantitative estimate of drug-likeness (QED) is 0.290. The summed E-state index contributed by atoms with van der Waals surface area (Å²) in [5, 5.41) is 4.44. The van der Waals surface area contributed by atoms with Gasteiger partial charge < -0.3 is 14.2 Å². The van der Waals surface area contributed by atoms with Crippen molar-refractivity contribution in [1.82, 2.24) is 14.6 Å². The third kappa shape index (κ3) is 5.39. The molecular weight excluding hydrogens is 450 g/mol. The summed E-state index contributed by atoms with van der Waals surface area (Å²) >= 11 is 1.31. The molecule has 7 nitrogen and oxygen atoms in total. The minimum absolute atomic E-state index is 0.192. The minimum Gasteiger partial charge on any atom is -0.494 e. The average Bonchev–Trinajstić information content (AvgIpc) is 3.39. The lowest BCUT2D eigenvalue weighted by Crippen LogP contribution is -2.23. The summed E-state index contributed by atoms with van der Waals surface area (Å²) in [5.74, 6) is 2.71. The summed E-state index contributed by atoms with van der Waals surface area (Å²) in [4.78, 5) is 18.1. The van der Waals surface area contributed by atoms with Crippen LogP contribution in [0, 0.1) is 0 Å². The van der Waals surface area contributed by atoms with Gasteiger partial charge in [-0.3, -0.25) is 4.79 Å². The van der Waals surface area contributed by atoms with Gasteiger partial charge in [-0.1, -0.05) is 37.7 Å². The number of nitrogens with zero attached hydrogens (tertiary/aromatic N) is 3. The van der Waals surface area contributed by atoms with Crippen LogP contribution >= 0.6 is 11.3 Å². The predicted octanol–water partition coefficient (Wildman–Crippen LogP) is 4.73. The second kappa shape index (κ2) is 11.2. The fourth-order valence-electron chi connectivity index (χ4n) is 3.36. The smallest absolute Gasteiger partial charge is 0.291 e. The van der Waals surface area contributed by atoms with Crippen LogP contribution in [0.4, 0.5) is 0 Å². The van der Waals surface area contributed by atoms with Gasteiger partial charge in [0, 0.05) is 5.56 Å². The van der Waals surface area contributed by atoms with E-state index in [2.05, 4.69) is 23.9 Å². The Morgan fingerprint density at radius 3 is 2.47 bits per heavy atom. The largest absolute Gasteiger partial charge is 0.494 e. The highest BCUT2D eigenvalue weighted by molar-refractivity contribution is 7.15. The number of hydrogen-bond acceptors (Lipinski definition) is 7. The molecule has 4 aromatic rings. The molecule has 0 radical (unpaired) electrons. The zero-order valence-corrected chi connectivity index (χ0v) is 20.6. The molecule has 0 unspecified atom stereocenters. The van der Waals surface area contributed by atoms with Gasteiger partial charge >= 0.3 is 0 Å². The average molecular weight is 480 g/mol. The van der Waals surface area contributed by atoms with Crippen molar-refractivity contribution in [2.45, 2.75) is 40.0 Å². The van der Waals surface area contributed by atoms with Crippen molar-refractivity contribution in [1.29, 1.82) is 0 Å². The highest BCUT2D eigenvalue weighted by atomic mass is 32.1. The highest BCUT2D eigenvalue weighted by Gasteiger charge is 2.13. The predicted molar refractivity (Wildman–Crippen MR) is 135 cm³/mol. The number of ether oxygens (including phenoxy) is 3. The molecule has 0 aliphatic heterocycles.